The first-order valence-electron chi connectivity index (χ1n) is 18.2. The summed E-state index contributed by atoms with van der Waals surface area (Å²) in [7, 11) is -7.20. The van der Waals surface area contributed by atoms with Gasteiger partial charge in [-0.25, -0.2) is 31.8 Å². The lowest BCUT2D eigenvalue weighted by Gasteiger charge is -2.32. The number of halogens is 1. The quantitative estimate of drug-likeness (QED) is 0.123. The van der Waals surface area contributed by atoms with E-state index in [1.54, 1.807) is 53.6 Å². The Morgan fingerprint density at radius 3 is 1.82 bits per heavy atom. The lowest BCUT2D eigenvalue weighted by atomic mass is 9.89. The van der Waals surface area contributed by atoms with Crippen molar-refractivity contribution in [1.29, 1.82) is 0 Å². The Kier molecular flexibility index (Phi) is 12.7. The Morgan fingerprint density at radius 2 is 1.30 bits per heavy atom. The van der Waals surface area contributed by atoms with E-state index in [1.165, 1.54) is 28.2 Å². The van der Waals surface area contributed by atoms with Crippen LogP contribution in [0.5, 0.6) is 0 Å². The number of fused-ring (bicyclic) bond motifs is 1. The number of thiazole rings is 2. The number of sulfonamides is 2. The van der Waals surface area contributed by atoms with Gasteiger partial charge in [0.1, 0.15) is 5.65 Å². The highest BCUT2D eigenvalue weighted by Crippen LogP contribution is 2.30. The molecule has 6 heterocycles. The number of rotatable bonds is 11. The minimum absolute atomic E-state index is 0.133. The van der Waals surface area contributed by atoms with Gasteiger partial charge in [0, 0.05) is 67.0 Å². The molecule has 0 aliphatic carbocycles. The minimum Gasteiger partial charge on any atom is -0.343 e. The van der Waals surface area contributed by atoms with E-state index >= 15 is 0 Å². The maximum absolute atomic E-state index is 12.8. The fourth-order valence-corrected chi connectivity index (χ4v) is 10.7. The van der Waals surface area contributed by atoms with Gasteiger partial charge >= 0.3 is 0 Å². The van der Waals surface area contributed by atoms with Gasteiger partial charge in [-0.3, -0.25) is 14.2 Å². The Bertz CT molecular complexity index is 2430. The minimum atomic E-state index is -3.66. The second-order valence-electron chi connectivity index (χ2n) is 13.5. The maximum Gasteiger partial charge on any atom is 0.263 e. The van der Waals surface area contributed by atoms with Crippen LogP contribution >= 0.6 is 34.3 Å². The van der Waals surface area contributed by atoms with E-state index in [0.29, 0.717) is 53.2 Å². The molecule has 0 spiro atoms. The third kappa shape index (κ3) is 9.94. The number of anilines is 2. The molecular weight excluding hydrogens is 812 g/mol. The molecule has 18 heteroatoms. The molecule has 56 heavy (non-hydrogen) atoms. The Labute approximate surface area is 339 Å². The zero-order valence-electron chi connectivity index (χ0n) is 30.3. The summed E-state index contributed by atoms with van der Waals surface area (Å²) in [6, 6.07) is 18.0. The molecule has 0 radical (unpaired) electrons. The number of likely N-dealkylation sites (tertiary alicyclic amines) is 1. The number of carbonyl (C=O) groups is 1. The largest absolute Gasteiger partial charge is 0.343 e. The Hall–Kier alpha value is -4.39. The first-order chi connectivity index (χ1) is 27.0. The summed E-state index contributed by atoms with van der Waals surface area (Å²) < 4.78 is 56.5. The van der Waals surface area contributed by atoms with Crippen LogP contribution in [0, 0.1) is 0 Å². The van der Waals surface area contributed by atoms with Crippen molar-refractivity contribution in [3.8, 4) is 0 Å². The first-order valence-corrected chi connectivity index (χ1v) is 23.3. The predicted octanol–water partition coefficient (Wildman–Crippen LogP) is 7.15. The molecule has 0 atom stereocenters. The monoisotopic (exact) mass is 852 g/mol. The number of aryl methyl sites for hydroxylation is 1. The highest BCUT2D eigenvalue weighted by molar-refractivity contribution is 7.93. The molecule has 0 bridgehead atoms. The van der Waals surface area contributed by atoms with Gasteiger partial charge in [0.15, 0.2) is 10.3 Å². The summed E-state index contributed by atoms with van der Waals surface area (Å²) in [4.78, 5) is 27.5. The molecule has 2 aliphatic heterocycles. The van der Waals surface area contributed by atoms with Crippen LogP contribution < -0.4 is 14.8 Å². The molecule has 1 amide bonds. The van der Waals surface area contributed by atoms with Crippen molar-refractivity contribution in [3.63, 3.8) is 0 Å². The number of nitrogens with zero attached hydrogens (tertiary/aromatic N) is 5. The average Bonchev–Trinajstić information content (AvgIpc) is 4.01. The number of carbonyl (C=O) groups excluding carboxylic acids is 1. The van der Waals surface area contributed by atoms with Gasteiger partial charge in [-0.05, 0) is 98.1 Å². The van der Waals surface area contributed by atoms with Crippen molar-refractivity contribution < 1.29 is 21.6 Å². The van der Waals surface area contributed by atoms with Gasteiger partial charge in [-0.1, -0.05) is 35.9 Å². The van der Waals surface area contributed by atoms with Gasteiger partial charge in [-0.2, -0.15) is 0 Å². The first kappa shape index (κ1) is 39.8. The van der Waals surface area contributed by atoms with Crippen molar-refractivity contribution >= 4 is 81.5 Å². The van der Waals surface area contributed by atoms with Gasteiger partial charge in [0.2, 0.25) is 5.91 Å². The molecule has 4 aromatic heterocycles. The summed E-state index contributed by atoms with van der Waals surface area (Å²) in [5.74, 6) is 0.953. The second-order valence-corrected chi connectivity index (χ2v) is 19.1. The second kappa shape index (κ2) is 17.8. The van der Waals surface area contributed by atoms with Crippen molar-refractivity contribution in [3.05, 3.63) is 112 Å². The molecule has 2 saturated heterocycles. The summed E-state index contributed by atoms with van der Waals surface area (Å²) in [6.07, 6.45) is 11.0. The molecule has 2 aliphatic rings. The molecule has 0 unspecified atom stereocenters. The molecule has 294 valence electrons. The standard InChI is InChI=1S/C24H24ClN5O3S2.C14H17N3O2S2/c25-20-15-19-7-12-30(23(19)27-16-20)13-8-22(31)29-10-5-18(6-11-29)17-1-3-21(4-2-17)35(32,33)28-24-26-9-14-34-24;18-21(19,17-14-16-9-10-20-14)13-3-1-11(2-4-13)12-5-7-15-8-6-12/h1-4,7,9,12,14-16,18H,5-6,8,10-11,13H2,(H,26,28);1-4,9-10,12,15H,5-8H2,(H,16,17). The maximum atomic E-state index is 12.8. The topological polar surface area (TPSA) is 168 Å². The van der Waals surface area contributed by atoms with Crippen molar-refractivity contribution in [2.45, 2.75) is 60.3 Å². The van der Waals surface area contributed by atoms with Crippen LogP contribution in [0.1, 0.15) is 55.1 Å². The van der Waals surface area contributed by atoms with Crippen LogP contribution in [0.25, 0.3) is 11.0 Å². The van der Waals surface area contributed by atoms with Crippen LogP contribution in [-0.4, -0.2) is 73.3 Å². The van der Waals surface area contributed by atoms with Crippen LogP contribution in [0.3, 0.4) is 0 Å². The van der Waals surface area contributed by atoms with Crippen molar-refractivity contribution in [1.82, 2.24) is 29.7 Å². The summed E-state index contributed by atoms with van der Waals surface area (Å²) in [5.41, 5.74) is 3.13. The van der Waals surface area contributed by atoms with Crippen LogP contribution in [0.2, 0.25) is 5.02 Å². The highest BCUT2D eigenvalue weighted by atomic mass is 35.5. The third-order valence-corrected chi connectivity index (χ3v) is 14.5. The number of piperidine rings is 2. The zero-order valence-corrected chi connectivity index (χ0v) is 34.3. The summed E-state index contributed by atoms with van der Waals surface area (Å²) >= 11 is 8.50. The smallest absolute Gasteiger partial charge is 0.263 e. The van der Waals surface area contributed by atoms with E-state index in [2.05, 4.69) is 29.7 Å². The molecule has 13 nitrogen and oxygen atoms in total. The molecule has 6 aromatic rings. The number of pyridine rings is 1. The third-order valence-electron chi connectivity index (χ3n) is 9.95. The predicted molar refractivity (Wildman–Crippen MR) is 221 cm³/mol. The van der Waals surface area contributed by atoms with E-state index in [0.717, 1.165) is 55.4 Å². The number of hydrogen-bond acceptors (Lipinski definition) is 11. The summed E-state index contributed by atoms with van der Waals surface area (Å²) in [6.45, 7) is 4.00. The fourth-order valence-electron chi connectivity index (χ4n) is 6.96. The average molecular weight is 854 g/mol. The Morgan fingerprint density at radius 1 is 0.768 bits per heavy atom. The number of nitrogens with one attached hydrogen (secondary N) is 3. The number of amides is 1. The summed E-state index contributed by atoms with van der Waals surface area (Å²) in [5, 5.41) is 9.07. The number of aromatic nitrogens is 4. The van der Waals surface area contributed by atoms with E-state index < -0.39 is 20.0 Å². The van der Waals surface area contributed by atoms with E-state index in [-0.39, 0.29) is 15.7 Å². The van der Waals surface area contributed by atoms with Gasteiger partial charge in [0.25, 0.3) is 20.0 Å². The van der Waals surface area contributed by atoms with Crippen LogP contribution in [0.15, 0.2) is 106 Å². The molecule has 2 fully saturated rings. The van der Waals surface area contributed by atoms with Gasteiger partial charge in [-0.15, -0.1) is 22.7 Å². The lowest BCUT2D eigenvalue weighted by molar-refractivity contribution is -0.132. The molecular formula is C38H41ClN8O5S4. The zero-order chi connectivity index (χ0) is 39.1. The molecule has 2 aromatic carbocycles. The van der Waals surface area contributed by atoms with Crippen molar-refractivity contribution in [2.24, 2.45) is 0 Å². The normalized spacial score (nSPS) is 15.6. The van der Waals surface area contributed by atoms with E-state index in [9.17, 15) is 21.6 Å². The lowest BCUT2D eigenvalue weighted by Crippen LogP contribution is -2.38. The van der Waals surface area contributed by atoms with Crippen LogP contribution in [0.4, 0.5) is 10.3 Å². The van der Waals surface area contributed by atoms with E-state index in [1.807, 2.05) is 52.1 Å². The van der Waals surface area contributed by atoms with E-state index in [4.69, 9.17) is 11.6 Å². The molecule has 3 N–H and O–H groups in total. The Balaban J connectivity index is 0.000000195. The fraction of sp³-hybridized carbons (Fsp3) is 0.316. The van der Waals surface area contributed by atoms with Gasteiger partial charge in [0.05, 0.1) is 14.8 Å². The van der Waals surface area contributed by atoms with Gasteiger partial charge < -0.3 is 14.8 Å². The van der Waals surface area contributed by atoms with Crippen LogP contribution in [-0.2, 0) is 31.4 Å². The highest BCUT2D eigenvalue weighted by Gasteiger charge is 2.25. The molecule has 8 rings (SSSR count). The molecule has 0 saturated carbocycles. The number of benzene rings is 2. The SMILES string of the molecule is O=C(CCn1ccc2cc(Cl)cnc21)N1CCC(c2ccc(S(=O)(=O)Nc3nccs3)cc2)CC1.O=S(=O)(Nc1nccs1)c1ccc(C2CCNCC2)cc1. The number of hydrogen-bond donors (Lipinski definition) is 3. The van der Waals surface area contributed by atoms with Crippen molar-refractivity contribution in [2.75, 3.05) is 35.6 Å².